The monoisotopic (exact) mass is 315 g/mol. The Bertz CT molecular complexity index is 472. The number of hydrogen-bond donors (Lipinski definition) is 3. The van der Waals surface area contributed by atoms with E-state index in [-0.39, 0.29) is 17.0 Å². The van der Waals surface area contributed by atoms with E-state index in [9.17, 15) is 9.59 Å². The lowest BCUT2D eigenvalue weighted by Gasteiger charge is -2.31. The van der Waals surface area contributed by atoms with Crippen LogP contribution < -0.4 is 16.6 Å². The maximum Gasteiger partial charge on any atom is 0.262 e. The number of halogens is 1. The van der Waals surface area contributed by atoms with Gasteiger partial charge in [0.1, 0.15) is 0 Å². The summed E-state index contributed by atoms with van der Waals surface area (Å²) >= 11 is 3.10. The molecule has 0 saturated heterocycles. The third-order valence-corrected chi connectivity index (χ3v) is 3.83. The lowest BCUT2D eigenvalue weighted by Crippen LogP contribution is -2.52. The summed E-state index contributed by atoms with van der Waals surface area (Å²) in [4.78, 5) is 25.8. The molecule has 18 heavy (non-hydrogen) atoms. The van der Waals surface area contributed by atoms with Crippen molar-refractivity contribution < 1.29 is 4.79 Å². The van der Waals surface area contributed by atoms with Crippen molar-refractivity contribution >= 4 is 21.8 Å². The molecular formula is C12H18BrN3O2. The van der Waals surface area contributed by atoms with Gasteiger partial charge in [0.25, 0.3) is 11.5 Å². The molecule has 0 radical (unpaired) electrons. The minimum Gasteiger partial charge on any atom is -0.345 e. The van der Waals surface area contributed by atoms with E-state index in [1.165, 1.54) is 12.3 Å². The molecule has 1 aromatic rings. The Morgan fingerprint density at radius 1 is 1.50 bits per heavy atom. The van der Waals surface area contributed by atoms with Gasteiger partial charge < -0.3 is 16.0 Å². The zero-order valence-electron chi connectivity index (χ0n) is 10.5. The number of pyridine rings is 1. The second kappa shape index (κ2) is 6.15. The maximum absolute atomic E-state index is 12.1. The standard InChI is InChI=1S/C12H18BrN3O2/c1-3-12(4-2,7-14)16-10(17)8-5-9(13)11(18)15-6-8/h5-6H,3-4,7,14H2,1-2H3,(H,15,18)(H,16,17). The molecule has 4 N–H and O–H groups in total. The predicted octanol–water partition coefficient (Wildman–Crippen LogP) is 1.38. The molecule has 6 heteroatoms. The third-order valence-electron chi connectivity index (χ3n) is 3.24. The van der Waals surface area contributed by atoms with Gasteiger partial charge in [0.05, 0.1) is 15.6 Å². The van der Waals surface area contributed by atoms with Crippen LogP contribution in [0.2, 0.25) is 0 Å². The second-order valence-electron chi connectivity index (χ2n) is 4.21. The van der Waals surface area contributed by atoms with E-state index in [1.54, 1.807) is 0 Å². The number of carbonyl (C=O) groups is 1. The number of aromatic nitrogens is 1. The van der Waals surface area contributed by atoms with E-state index < -0.39 is 0 Å². The van der Waals surface area contributed by atoms with Gasteiger partial charge in [-0.3, -0.25) is 9.59 Å². The van der Waals surface area contributed by atoms with Crippen molar-refractivity contribution in [3.8, 4) is 0 Å². The summed E-state index contributed by atoms with van der Waals surface area (Å²) in [5, 5.41) is 2.94. The van der Waals surface area contributed by atoms with Gasteiger partial charge in [-0.25, -0.2) is 0 Å². The fourth-order valence-corrected chi connectivity index (χ4v) is 2.03. The summed E-state index contributed by atoms with van der Waals surface area (Å²) in [5.74, 6) is -0.235. The highest BCUT2D eigenvalue weighted by atomic mass is 79.9. The fourth-order valence-electron chi connectivity index (χ4n) is 1.67. The lowest BCUT2D eigenvalue weighted by atomic mass is 9.92. The van der Waals surface area contributed by atoms with Crippen LogP contribution in [0.3, 0.4) is 0 Å². The third kappa shape index (κ3) is 3.20. The van der Waals surface area contributed by atoms with Gasteiger partial charge in [-0.1, -0.05) is 13.8 Å². The average Bonchev–Trinajstić information content (AvgIpc) is 2.39. The van der Waals surface area contributed by atoms with Gasteiger partial charge in [-0.05, 0) is 34.8 Å². The minimum atomic E-state index is -0.389. The number of amides is 1. The molecule has 0 saturated carbocycles. The number of carbonyl (C=O) groups excluding carboxylic acids is 1. The molecule has 100 valence electrons. The molecule has 0 aliphatic rings. The first-order valence-electron chi connectivity index (χ1n) is 5.89. The molecule has 0 aromatic carbocycles. The summed E-state index contributed by atoms with van der Waals surface area (Å²) < 4.78 is 0.335. The first-order valence-corrected chi connectivity index (χ1v) is 6.68. The number of rotatable bonds is 5. The first-order chi connectivity index (χ1) is 8.48. The number of H-pyrrole nitrogens is 1. The number of nitrogens with two attached hydrogens (primary N) is 1. The zero-order valence-corrected chi connectivity index (χ0v) is 12.1. The van der Waals surface area contributed by atoms with Crippen LogP contribution in [0.25, 0.3) is 0 Å². The Balaban J connectivity index is 2.94. The Morgan fingerprint density at radius 3 is 2.56 bits per heavy atom. The molecule has 1 rings (SSSR count). The van der Waals surface area contributed by atoms with Crippen LogP contribution in [0, 0.1) is 0 Å². The highest BCUT2D eigenvalue weighted by Crippen LogP contribution is 2.15. The van der Waals surface area contributed by atoms with Gasteiger partial charge in [-0.2, -0.15) is 0 Å². The van der Waals surface area contributed by atoms with E-state index in [1.807, 2.05) is 13.8 Å². The molecule has 0 unspecified atom stereocenters. The van der Waals surface area contributed by atoms with Crippen molar-refractivity contribution in [1.29, 1.82) is 0 Å². The summed E-state index contributed by atoms with van der Waals surface area (Å²) in [6.07, 6.45) is 2.92. The normalized spacial score (nSPS) is 11.3. The molecule has 0 atom stereocenters. The topological polar surface area (TPSA) is 88.0 Å². The van der Waals surface area contributed by atoms with Crippen molar-refractivity contribution in [2.75, 3.05) is 6.54 Å². The molecule has 0 aliphatic carbocycles. The molecule has 1 aromatic heterocycles. The van der Waals surface area contributed by atoms with Crippen molar-refractivity contribution in [3.63, 3.8) is 0 Å². The van der Waals surface area contributed by atoms with Crippen molar-refractivity contribution in [3.05, 3.63) is 32.7 Å². The smallest absolute Gasteiger partial charge is 0.262 e. The molecule has 1 amide bonds. The van der Waals surface area contributed by atoms with Gasteiger partial charge in [-0.15, -0.1) is 0 Å². The van der Waals surface area contributed by atoms with Gasteiger partial charge in [0.2, 0.25) is 0 Å². The van der Waals surface area contributed by atoms with E-state index in [2.05, 4.69) is 26.2 Å². The predicted molar refractivity (Wildman–Crippen MR) is 74.6 cm³/mol. The van der Waals surface area contributed by atoms with E-state index in [0.717, 1.165) is 12.8 Å². The van der Waals surface area contributed by atoms with E-state index in [4.69, 9.17) is 5.73 Å². The van der Waals surface area contributed by atoms with Gasteiger partial charge in [0.15, 0.2) is 0 Å². The molecule has 0 bridgehead atoms. The highest BCUT2D eigenvalue weighted by Gasteiger charge is 2.26. The molecule has 5 nitrogen and oxygen atoms in total. The second-order valence-corrected chi connectivity index (χ2v) is 5.07. The molecule has 1 heterocycles. The zero-order chi connectivity index (χ0) is 13.8. The number of aromatic amines is 1. The summed E-state index contributed by atoms with van der Waals surface area (Å²) in [7, 11) is 0. The van der Waals surface area contributed by atoms with Crippen LogP contribution in [0.5, 0.6) is 0 Å². The molecule has 0 spiro atoms. The van der Waals surface area contributed by atoms with Gasteiger partial charge >= 0.3 is 0 Å². The Kier molecular flexibility index (Phi) is 5.10. The minimum absolute atomic E-state index is 0.235. The number of hydrogen-bond acceptors (Lipinski definition) is 3. The molecule has 0 aliphatic heterocycles. The van der Waals surface area contributed by atoms with Crippen LogP contribution >= 0.6 is 15.9 Å². The summed E-state index contributed by atoms with van der Waals surface area (Å²) in [6, 6.07) is 1.50. The Morgan fingerprint density at radius 2 is 2.11 bits per heavy atom. The Labute approximate surface area is 114 Å². The Hall–Kier alpha value is -1.14. The molecule has 0 fully saturated rings. The van der Waals surface area contributed by atoms with Crippen LogP contribution in [0.15, 0.2) is 21.5 Å². The summed E-state index contributed by atoms with van der Waals surface area (Å²) in [6.45, 7) is 4.36. The van der Waals surface area contributed by atoms with Crippen LogP contribution in [-0.4, -0.2) is 23.0 Å². The summed E-state index contributed by atoms with van der Waals surface area (Å²) in [5.41, 5.74) is 5.48. The quantitative estimate of drug-likeness (QED) is 0.767. The van der Waals surface area contributed by atoms with Crippen molar-refractivity contribution in [1.82, 2.24) is 10.3 Å². The molecular weight excluding hydrogens is 298 g/mol. The lowest BCUT2D eigenvalue weighted by molar-refractivity contribution is 0.0895. The van der Waals surface area contributed by atoms with Crippen LogP contribution in [-0.2, 0) is 0 Å². The van der Waals surface area contributed by atoms with Crippen LogP contribution in [0.1, 0.15) is 37.0 Å². The fraction of sp³-hybridized carbons (Fsp3) is 0.500. The van der Waals surface area contributed by atoms with Crippen LogP contribution in [0.4, 0.5) is 0 Å². The van der Waals surface area contributed by atoms with E-state index >= 15 is 0 Å². The largest absolute Gasteiger partial charge is 0.345 e. The van der Waals surface area contributed by atoms with Gasteiger partial charge in [0, 0.05) is 12.7 Å². The maximum atomic E-state index is 12.1. The number of nitrogens with one attached hydrogen (secondary N) is 2. The SMILES string of the molecule is CCC(CC)(CN)NC(=O)c1c[nH]c(=O)c(Br)c1. The van der Waals surface area contributed by atoms with E-state index in [0.29, 0.717) is 16.6 Å². The average molecular weight is 316 g/mol. The van der Waals surface area contributed by atoms with Crippen molar-refractivity contribution in [2.45, 2.75) is 32.2 Å². The first kappa shape index (κ1) is 14.9. The highest BCUT2D eigenvalue weighted by molar-refractivity contribution is 9.10. The van der Waals surface area contributed by atoms with Crippen molar-refractivity contribution in [2.24, 2.45) is 5.73 Å².